The minimum Gasteiger partial charge on any atom is -0.447 e. The molecule has 28 heavy (non-hydrogen) atoms. The first-order valence-electron chi connectivity index (χ1n) is 9.07. The monoisotopic (exact) mass is 381 g/mol. The number of ether oxygens (including phenoxy) is 1. The lowest BCUT2D eigenvalue weighted by Gasteiger charge is -2.13. The Balaban J connectivity index is 1.66. The van der Waals surface area contributed by atoms with Gasteiger partial charge in [-0.2, -0.15) is 4.98 Å². The Morgan fingerprint density at radius 2 is 1.75 bits per heavy atom. The minimum absolute atomic E-state index is 0.137. The molecule has 0 aliphatic rings. The van der Waals surface area contributed by atoms with Crippen molar-refractivity contribution in [3.63, 3.8) is 0 Å². The fraction of sp³-hybridized carbons (Fsp3) is 0.350. The number of hydrogen-bond acceptors (Lipinski definition) is 6. The molecule has 1 aromatic carbocycles. The SMILES string of the molecule is Cc1cc(C)n2nc(C(=O)O[C@H](C)C(=O)Nc3ccc(C(C)C)cc3)nc2n1. The van der Waals surface area contributed by atoms with Crippen LogP contribution in [0, 0.1) is 13.8 Å². The lowest BCUT2D eigenvalue weighted by atomic mass is 10.0. The third kappa shape index (κ3) is 4.16. The molecule has 1 N–H and O–H groups in total. The van der Waals surface area contributed by atoms with Gasteiger partial charge in [-0.3, -0.25) is 4.79 Å². The van der Waals surface area contributed by atoms with Crippen molar-refractivity contribution in [2.24, 2.45) is 0 Å². The van der Waals surface area contributed by atoms with Gasteiger partial charge in [-0.05, 0) is 50.5 Å². The molecule has 0 aliphatic carbocycles. The molecule has 0 bridgehead atoms. The normalized spacial score (nSPS) is 12.2. The van der Waals surface area contributed by atoms with E-state index >= 15 is 0 Å². The van der Waals surface area contributed by atoms with Crippen molar-refractivity contribution in [1.82, 2.24) is 19.6 Å². The Morgan fingerprint density at radius 3 is 2.39 bits per heavy atom. The molecule has 8 heteroatoms. The van der Waals surface area contributed by atoms with Crippen LogP contribution in [0.2, 0.25) is 0 Å². The molecule has 1 amide bonds. The van der Waals surface area contributed by atoms with Crippen molar-refractivity contribution in [3.05, 3.63) is 53.1 Å². The van der Waals surface area contributed by atoms with Crippen molar-refractivity contribution in [1.29, 1.82) is 0 Å². The number of carbonyl (C=O) groups is 2. The number of benzene rings is 1. The maximum Gasteiger partial charge on any atom is 0.379 e. The number of anilines is 1. The van der Waals surface area contributed by atoms with E-state index in [0.717, 1.165) is 11.4 Å². The average Bonchev–Trinajstić information content (AvgIpc) is 3.06. The van der Waals surface area contributed by atoms with Gasteiger partial charge < -0.3 is 10.1 Å². The number of aromatic nitrogens is 4. The highest BCUT2D eigenvalue weighted by Gasteiger charge is 2.23. The standard InChI is InChI=1S/C20H23N5O3/c1-11(2)15-6-8-16(9-7-15)22-18(26)14(5)28-19(27)17-23-20-21-12(3)10-13(4)25(20)24-17/h6-11,14H,1-5H3,(H,22,26)/t14-/m1/s1. The summed E-state index contributed by atoms with van der Waals surface area (Å²) in [5.74, 6) is -0.627. The number of carbonyl (C=O) groups excluding carboxylic acids is 2. The number of amides is 1. The molecular formula is C20H23N5O3. The summed E-state index contributed by atoms with van der Waals surface area (Å²) in [4.78, 5) is 33.0. The van der Waals surface area contributed by atoms with Gasteiger partial charge in [-0.1, -0.05) is 26.0 Å². The topological polar surface area (TPSA) is 98.5 Å². The van der Waals surface area contributed by atoms with Crippen molar-refractivity contribution in [2.75, 3.05) is 5.32 Å². The zero-order valence-electron chi connectivity index (χ0n) is 16.6. The van der Waals surface area contributed by atoms with Crippen LogP contribution in [0.15, 0.2) is 30.3 Å². The van der Waals surface area contributed by atoms with Crippen LogP contribution in [0.1, 0.15) is 54.3 Å². The number of esters is 1. The van der Waals surface area contributed by atoms with Gasteiger partial charge in [-0.25, -0.2) is 14.3 Å². The van der Waals surface area contributed by atoms with Crippen molar-refractivity contribution in [3.8, 4) is 0 Å². The minimum atomic E-state index is -1.00. The van der Waals surface area contributed by atoms with Crippen molar-refractivity contribution in [2.45, 2.75) is 46.6 Å². The predicted molar refractivity (Wildman–Crippen MR) is 104 cm³/mol. The Labute approximate surface area is 163 Å². The summed E-state index contributed by atoms with van der Waals surface area (Å²) in [7, 11) is 0. The molecule has 0 saturated carbocycles. The molecule has 2 aromatic heterocycles. The van der Waals surface area contributed by atoms with Gasteiger partial charge >= 0.3 is 5.97 Å². The molecule has 2 heterocycles. The first-order valence-corrected chi connectivity index (χ1v) is 9.07. The van der Waals surface area contributed by atoms with Crippen molar-refractivity contribution >= 4 is 23.3 Å². The third-order valence-corrected chi connectivity index (χ3v) is 4.30. The smallest absolute Gasteiger partial charge is 0.379 e. The van der Waals surface area contributed by atoms with Crippen LogP contribution in [-0.2, 0) is 9.53 Å². The summed E-state index contributed by atoms with van der Waals surface area (Å²) in [6.07, 6.45) is -1.00. The lowest BCUT2D eigenvalue weighted by Crippen LogP contribution is -2.30. The summed E-state index contributed by atoms with van der Waals surface area (Å²) in [6, 6.07) is 9.38. The van der Waals surface area contributed by atoms with E-state index < -0.39 is 18.0 Å². The molecule has 0 aliphatic heterocycles. The number of nitrogens with zero attached hydrogens (tertiary/aromatic N) is 4. The van der Waals surface area contributed by atoms with E-state index in [2.05, 4.69) is 34.2 Å². The van der Waals surface area contributed by atoms with E-state index in [4.69, 9.17) is 4.74 Å². The Bertz CT molecular complexity index is 1020. The molecule has 0 radical (unpaired) electrons. The second-order valence-electron chi connectivity index (χ2n) is 7.00. The van der Waals surface area contributed by atoms with Crippen LogP contribution in [0.25, 0.3) is 5.78 Å². The fourth-order valence-electron chi connectivity index (χ4n) is 2.71. The number of fused-ring (bicyclic) bond motifs is 1. The molecule has 3 rings (SSSR count). The molecule has 146 valence electrons. The fourth-order valence-corrected chi connectivity index (χ4v) is 2.71. The lowest BCUT2D eigenvalue weighted by molar-refractivity contribution is -0.123. The van der Waals surface area contributed by atoms with Crippen LogP contribution in [0.4, 0.5) is 5.69 Å². The summed E-state index contributed by atoms with van der Waals surface area (Å²) < 4.78 is 6.68. The van der Waals surface area contributed by atoms with Gasteiger partial charge in [0.1, 0.15) is 0 Å². The first-order chi connectivity index (χ1) is 13.2. The van der Waals surface area contributed by atoms with E-state index in [1.807, 2.05) is 44.2 Å². The maximum absolute atomic E-state index is 12.3. The Kier molecular flexibility index (Phi) is 5.39. The van der Waals surface area contributed by atoms with Gasteiger partial charge in [0.05, 0.1) is 0 Å². The quantitative estimate of drug-likeness (QED) is 0.682. The van der Waals surface area contributed by atoms with Crippen LogP contribution in [-0.4, -0.2) is 37.6 Å². The van der Waals surface area contributed by atoms with E-state index in [1.54, 1.807) is 0 Å². The number of aryl methyl sites for hydroxylation is 2. The maximum atomic E-state index is 12.3. The summed E-state index contributed by atoms with van der Waals surface area (Å²) in [5, 5.41) is 6.85. The molecule has 0 spiro atoms. The zero-order valence-corrected chi connectivity index (χ0v) is 16.6. The largest absolute Gasteiger partial charge is 0.447 e. The van der Waals surface area contributed by atoms with Gasteiger partial charge in [0.15, 0.2) is 6.10 Å². The third-order valence-electron chi connectivity index (χ3n) is 4.30. The van der Waals surface area contributed by atoms with Crippen molar-refractivity contribution < 1.29 is 14.3 Å². The van der Waals surface area contributed by atoms with Gasteiger partial charge in [0, 0.05) is 17.1 Å². The summed E-state index contributed by atoms with van der Waals surface area (Å²) >= 11 is 0. The molecule has 3 aromatic rings. The van der Waals surface area contributed by atoms with Gasteiger partial charge in [0.2, 0.25) is 0 Å². The number of hydrogen-bond donors (Lipinski definition) is 1. The van der Waals surface area contributed by atoms with E-state index in [0.29, 0.717) is 17.4 Å². The molecule has 0 saturated heterocycles. The van der Waals surface area contributed by atoms with Crippen LogP contribution in [0.5, 0.6) is 0 Å². The average molecular weight is 381 g/mol. The molecule has 8 nitrogen and oxygen atoms in total. The van der Waals surface area contributed by atoms with Crippen LogP contribution < -0.4 is 5.32 Å². The molecular weight excluding hydrogens is 358 g/mol. The molecule has 1 atom stereocenters. The van der Waals surface area contributed by atoms with E-state index in [1.165, 1.54) is 17.0 Å². The van der Waals surface area contributed by atoms with E-state index in [-0.39, 0.29) is 5.82 Å². The Hall–Kier alpha value is -3.29. The molecule has 0 fully saturated rings. The summed E-state index contributed by atoms with van der Waals surface area (Å²) in [5.41, 5.74) is 3.38. The highest BCUT2D eigenvalue weighted by atomic mass is 16.5. The molecule has 0 unspecified atom stereocenters. The summed E-state index contributed by atoms with van der Waals surface area (Å²) in [6.45, 7) is 9.37. The highest BCUT2D eigenvalue weighted by molar-refractivity contribution is 5.96. The second-order valence-corrected chi connectivity index (χ2v) is 7.00. The van der Waals surface area contributed by atoms with E-state index in [9.17, 15) is 9.59 Å². The first kappa shape index (κ1) is 19.5. The number of rotatable bonds is 5. The predicted octanol–water partition coefficient (Wildman–Crippen LogP) is 3.05. The zero-order chi connectivity index (χ0) is 20.4. The van der Waals surface area contributed by atoms with Crippen LogP contribution >= 0.6 is 0 Å². The highest BCUT2D eigenvalue weighted by Crippen LogP contribution is 2.17. The second kappa shape index (κ2) is 7.75. The van der Waals surface area contributed by atoms with Gasteiger partial charge in [0.25, 0.3) is 17.5 Å². The van der Waals surface area contributed by atoms with Crippen LogP contribution in [0.3, 0.4) is 0 Å². The number of nitrogens with one attached hydrogen (secondary N) is 1. The Morgan fingerprint density at radius 1 is 1.07 bits per heavy atom. The van der Waals surface area contributed by atoms with Gasteiger partial charge in [-0.15, -0.1) is 5.10 Å².